The number of Topliss-reactive ketones (excluding diaryl/α,β-unsaturated/α-hetero) is 1. The third-order valence-corrected chi connectivity index (χ3v) is 8.34. The summed E-state index contributed by atoms with van der Waals surface area (Å²) in [7, 11) is 0. The van der Waals surface area contributed by atoms with Gasteiger partial charge in [0.05, 0.1) is 17.9 Å². The zero-order chi connectivity index (χ0) is 24.2. The molecule has 5 nitrogen and oxygen atoms in total. The molecule has 2 aliphatic carbocycles. The minimum Gasteiger partial charge on any atom is -0.550 e. The first-order valence-corrected chi connectivity index (χ1v) is 13.0. The van der Waals surface area contributed by atoms with Gasteiger partial charge in [-0.2, -0.15) is 0 Å². The number of ether oxygens (including phenoxy) is 1. The molecule has 1 aromatic rings. The highest BCUT2D eigenvalue weighted by molar-refractivity contribution is 5.97. The van der Waals surface area contributed by atoms with Crippen molar-refractivity contribution >= 4 is 11.8 Å². The van der Waals surface area contributed by atoms with E-state index in [2.05, 4.69) is 49.2 Å². The first-order chi connectivity index (χ1) is 16.4. The van der Waals surface area contributed by atoms with Gasteiger partial charge in [-0.15, -0.1) is 0 Å². The fraction of sp³-hybridized carbons (Fsp3) is 0.586. The quantitative estimate of drug-likeness (QED) is 0.338. The smallest absolute Gasteiger partial charge is 0.183 e. The SMILES string of the molecule is CC/C(=C/C=C/[C@@H]1C=C[C@H]2CCC[C@@H]2[C@@H]1C(=O)c1ccc[nH]1)[C@H]1O[C@@H]([C@H](C)C(=O)[O-])CC[C@@H]1C. The van der Waals surface area contributed by atoms with Crippen LogP contribution in [0.5, 0.6) is 0 Å². The Morgan fingerprint density at radius 2 is 2.06 bits per heavy atom. The number of carbonyl (C=O) groups is 2. The fourth-order valence-electron chi connectivity index (χ4n) is 6.26. The number of carbonyl (C=O) groups excluding carboxylic acids is 2. The molecule has 3 aliphatic rings. The average Bonchev–Trinajstić information content (AvgIpc) is 3.53. The number of nitrogens with one attached hydrogen (secondary N) is 1. The molecule has 0 spiro atoms. The molecule has 0 aromatic carbocycles. The Balaban J connectivity index is 1.53. The van der Waals surface area contributed by atoms with Crippen LogP contribution in [-0.4, -0.2) is 28.9 Å². The van der Waals surface area contributed by atoms with E-state index in [-0.39, 0.29) is 29.8 Å². The number of fused-ring (bicyclic) bond motifs is 1. The summed E-state index contributed by atoms with van der Waals surface area (Å²) in [6.07, 6.45) is 18.3. The lowest BCUT2D eigenvalue weighted by Crippen LogP contribution is -2.44. The van der Waals surface area contributed by atoms with Crippen LogP contribution in [0.3, 0.4) is 0 Å². The van der Waals surface area contributed by atoms with Crippen molar-refractivity contribution in [3.05, 3.63) is 60.0 Å². The first-order valence-electron chi connectivity index (χ1n) is 13.0. The summed E-state index contributed by atoms with van der Waals surface area (Å²) in [4.78, 5) is 27.9. The molecule has 1 aromatic heterocycles. The summed E-state index contributed by atoms with van der Waals surface area (Å²) in [5.41, 5.74) is 1.87. The highest BCUT2D eigenvalue weighted by Crippen LogP contribution is 2.46. The average molecular weight is 465 g/mol. The summed E-state index contributed by atoms with van der Waals surface area (Å²) < 4.78 is 6.29. The van der Waals surface area contributed by atoms with E-state index >= 15 is 0 Å². The van der Waals surface area contributed by atoms with Crippen LogP contribution in [0.2, 0.25) is 0 Å². The Morgan fingerprint density at radius 1 is 1.24 bits per heavy atom. The zero-order valence-corrected chi connectivity index (χ0v) is 20.6. The second-order valence-corrected chi connectivity index (χ2v) is 10.4. The summed E-state index contributed by atoms with van der Waals surface area (Å²) >= 11 is 0. The van der Waals surface area contributed by atoms with Crippen LogP contribution in [0.1, 0.15) is 69.8 Å². The van der Waals surface area contributed by atoms with Crippen molar-refractivity contribution in [2.75, 3.05) is 0 Å². The number of rotatable bonds is 8. The van der Waals surface area contributed by atoms with E-state index in [9.17, 15) is 14.7 Å². The lowest BCUT2D eigenvalue weighted by Gasteiger charge is -2.39. The van der Waals surface area contributed by atoms with E-state index in [1.807, 2.05) is 18.3 Å². The molecule has 184 valence electrons. The molecule has 4 rings (SSSR count). The maximum Gasteiger partial charge on any atom is 0.183 e. The molecule has 0 unspecified atom stereocenters. The van der Waals surface area contributed by atoms with Crippen LogP contribution in [0.15, 0.2) is 54.3 Å². The number of ketones is 1. The van der Waals surface area contributed by atoms with Crippen LogP contribution in [0, 0.1) is 35.5 Å². The second-order valence-electron chi connectivity index (χ2n) is 10.4. The number of carboxylic acid groups (broad SMARTS) is 1. The van der Waals surface area contributed by atoms with E-state index in [0.717, 1.165) is 25.7 Å². The highest BCUT2D eigenvalue weighted by atomic mass is 16.5. The molecule has 2 fully saturated rings. The van der Waals surface area contributed by atoms with Crippen LogP contribution < -0.4 is 5.11 Å². The standard InChI is InChI=1S/C29H39NO4/c1-4-20(28-18(2)13-16-25(34-28)19(3)29(32)33)8-5-10-22-15-14-21-9-6-11-23(21)26(22)27(31)24-12-7-17-30-24/h5,7-8,10,12,14-15,17-19,21-23,25-26,28,30H,4,6,9,11,13,16H2,1-3H3,(H,32,33)/p-1/b10-5+,20-8-/t18-,19-,21+,22+,23-,25+,26+,28-/m0/s1. The largest absolute Gasteiger partial charge is 0.550 e. The number of aromatic nitrogens is 1. The molecule has 1 aliphatic heterocycles. The second kappa shape index (κ2) is 10.9. The number of hydrogen-bond acceptors (Lipinski definition) is 4. The third kappa shape index (κ3) is 5.14. The Kier molecular flexibility index (Phi) is 7.92. The van der Waals surface area contributed by atoms with E-state index in [4.69, 9.17) is 4.74 Å². The topological polar surface area (TPSA) is 82.2 Å². The molecular formula is C29H38NO4-. The van der Waals surface area contributed by atoms with Crippen LogP contribution in [-0.2, 0) is 9.53 Å². The minimum absolute atomic E-state index is 0.0379. The highest BCUT2D eigenvalue weighted by Gasteiger charge is 2.42. The Morgan fingerprint density at radius 3 is 2.76 bits per heavy atom. The van der Waals surface area contributed by atoms with Gasteiger partial charge in [-0.3, -0.25) is 4.79 Å². The van der Waals surface area contributed by atoms with Crippen molar-refractivity contribution in [1.29, 1.82) is 0 Å². The van der Waals surface area contributed by atoms with Crippen molar-refractivity contribution in [2.45, 2.75) is 71.5 Å². The first kappa shape index (κ1) is 24.7. The van der Waals surface area contributed by atoms with Crippen LogP contribution >= 0.6 is 0 Å². The van der Waals surface area contributed by atoms with Crippen molar-refractivity contribution in [1.82, 2.24) is 4.98 Å². The Labute approximate surface area is 203 Å². The molecule has 5 heteroatoms. The van der Waals surface area contributed by atoms with Crippen LogP contribution in [0.4, 0.5) is 0 Å². The summed E-state index contributed by atoms with van der Waals surface area (Å²) in [6.45, 7) is 5.96. The molecule has 0 radical (unpaired) electrons. The zero-order valence-electron chi connectivity index (χ0n) is 20.6. The van der Waals surface area contributed by atoms with E-state index in [0.29, 0.717) is 23.4 Å². The Hall–Kier alpha value is -2.40. The number of aliphatic carboxylic acids is 1. The summed E-state index contributed by atoms with van der Waals surface area (Å²) in [5, 5.41) is 11.4. The fourth-order valence-corrected chi connectivity index (χ4v) is 6.26. The molecule has 1 saturated heterocycles. The minimum atomic E-state index is -1.05. The number of carboxylic acids is 1. The number of H-pyrrole nitrogens is 1. The predicted octanol–water partition coefficient (Wildman–Crippen LogP) is 4.88. The molecule has 1 N–H and O–H groups in total. The summed E-state index contributed by atoms with van der Waals surface area (Å²) in [5.74, 6) is -0.176. The van der Waals surface area contributed by atoms with E-state index in [1.54, 1.807) is 6.92 Å². The maximum atomic E-state index is 13.4. The normalized spacial score (nSPS) is 34.8. The van der Waals surface area contributed by atoms with E-state index < -0.39 is 11.9 Å². The monoisotopic (exact) mass is 464 g/mol. The van der Waals surface area contributed by atoms with Gasteiger partial charge in [0.2, 0.25) is 0 Å². The van der Waals surface area contributed by atoms with Crippen molar-refractivity contribution in [2.24, 2.45) is 35.5 Å². The van der Waals surface area contributed by atoms with Gasteiger partial charge >= 0.3 is 0 Å². The molecule has 8 atom stereocenters. The van der Waals surface area contributed by atoms with Gasteiger partial charge in [-0.25, -0.2) is 0 Å². The van der Waals surface area contributed by atoms with Crippen LogP contribution in [0.25, 0.3) is 0 Å². The molecular weight excluding hydrogens is 426 g/mol. The number of allylic oxidation sites excluding steroid dienone is 5. The lowest BCUT2D eigenvalue weighted by molar-refractivity contribution is -0.315. The van der Waals surface area contributed by atoms with Gasteiger partial charge in [0.1, 0.15) is 0 Å². The molecule has 2 heterocycles. The van der Waals surface area contributed by atoms with E-state index in [1.165, 1.54) is 18.4 Å². The van der Waals surface area contributed by atoms with Gasteiger partial charge < -0.3 is 19.6 Å². The van der Waals surface area contributed by atoms with Crippen molar-refractivity contribution < 1.29 is 19.4 Å². The molecule has 0 bridgehead atoms. The number of aromatic amines is 1. The Bertz CT molecular complexity index is 943. The molecule has 1 saturated carbocycles. The van der Waals surface area contributed by atoms with Gasteiger partial charge in [0.15, 0.2) is 5.78 Å². The maximum absolute atomic E-state index is 13.4. The predicted molar refractivity (Wildman–Crippen MR) is 131 cm³/mol. The van der Waals surface area contributed by atoms with Gasteiger partial charge in [-0.05, 0) is 67.6 Å². The van der Waals surface area contributed by atoms with Gasteiger partial charge in [0.25, 0.3) is 0 Å². The molecule has 34 heavy (non-hydrogen) atoms. The van der Waals surface area contributed by atoms with Crippen molar-refractivity contribution in [3.8, 4) is 0 Å². The molecule has 0 amide bonds. The summed E-state index contributed by atoms with van der Waals surface area (Å²) in [6, 6.07) is 3.77. The van der Waals surface area contributed by atoms with Crippen molar-refractivity contribution in [3.63, 3.8) is 0 Å². The van der Waals surface area contributed by atoms with Gasteiger partial charge in [-0.1, -0.05) is 57.6 Å². The number of hydrogen-bond donors (Lipinski definition) is 1. The lowest BCUT2D eigenvalue weighted by atomic mass is 9.69. The van der Waals surface area contributed by atoms with Gasteiger partial charge in [0, 0.05) is 29.9 Å². The third-order valence-electron chi connectivity index (χ3n) is 8.34.